The number of ether oxygens (including phenoxy) is 2. The van der Waals surface area contributed by atoms with Crippen molar-refractivity contribution < 1.29 is 9.47 Å². The van der Waals surface area contributed by atoms with E-state index in [0.717, 1.165) is 22.3 Å². The first-order valence-corrected chi connectivity index (χ1v) is 13.8. The second-order valence-electron chi connectivity index (χ2n) is 9.46. The number of aryl methyl sites for hydroxylation is 2. The molecule has 202 valence electrons. The Kier molecular flexibility index (Phi) is 9.59. The van der Waals surface area contributed by atoms with Crippen LogP contribution in [0.5, 0.6) is 11.5 Å². The maximum atomic E-state index is 5.44. The second kappa shape index (κ2) is 13.5. The van der Waals surface area contributed by atoms with Gasteiger partial charge >= 0.3 is 0 Å². The molecular formula is C38H38O2. The lowest BCUT2D eigenvalue weighted by Gasteiger charge is -2.11. The quantitative estimate of drug-likeness (QED) is 0.227. The van der Waals surface area contributed by atoms with Gasteiger partial charge in [0.2, 0.25) is 0 Å². The standard InChI is InChI=1S/2C18H16O.C2H6/c1-13-6-5-7-14(12-13)15-10-11-18(19-2)17-9-4-3-8-16(15)17;1-13-7-9-14(10-8-13)15-11-12-18(19-2)17-6-4-3-5-16(15)17;1-2/h2*3-12H,1-2H3;1-2H3. The summed E-state index contributed by atoms with van der Waals surface area (Å²) in [5.41, 5.74) is 7.54. The van der Waals surface area contributed by atoms with E-state index in [9.17, 15) is 0 Å². The van der Waals surface area contributed by atoms with Crippen LogP contribution in [0.4, 0.5) is 0 Å². The van der Waals surface area contributed by atoms with Crippen LogP contribution >= 0.6 is 0 Å². The Labute approximate surface area is 238 Å². The molecule has 0 amide bonds. The Morgan fingerprint density at radius 3 is 1.35 bits per heavy atom. The van der Waals surface area contributed by atoms with Gasteiger partial charge in [-0.15, -0.1) is 0 Å². The van der Waals surface area contributed by atoms with E-state index >= 15 is 0 Å². The molecule has 6 rings (SSSR count). The molecule has 0 spiro atoms. The topological polar surface area (TPSA) is 18.5 Å². The summed E-state index contributed by atoms with van der Waals surface area (Å²) in [7, 11) is 3.43. The van der Waals surface area contributed by atoms with Gasteiger partial charge in [-0.25, -0.2) is 0 Å². The smallest absolute Gasteiger partial charge is 0.126 e. The monoisotopic (exact) mass is 526 g/mol. The molecule has 0 N–H and O–H groups in total. The molecule has 6 aromatic carbocycles. The van der Waals surface area contributed by atoms with Gasteiger partial charge in [-0.2, -0.15) is 0 Å². The Bertz CT molecular complexity index is 1700. The lowest BCUT2D eigenvalue weighted by molar-refractivity contribution is 0.420. The molecule has 6 aromatic rings. The van der Waals surface area contributed by atoms with E-state index in [1.54, 1.807) is 14.2 Å². The number of benzene rings is 6. The van der Waals surface area contributed by atoms with Crippen molar-refractivity contribution in [2.45, 2.75) is 27.7 Å². The van der Waals surface area contributed by atoms with Crippen molar-refractivity contribution in [1.29, 1.82) is 0 Å². The average molecular weight is 527 g/mol. The summed E-state index contributed by atoms with van der Waals surface area (Å²) in [6.45, 7) is 8.23. The van der Waals surface area contributed by atoms with Crippen LogP contribution in [0.2, 0.25) is 0 Å². The highest BCUT2D eigenvalue weighted by atomic mass is 16.5. The predicted molar refractivity (Wildman–Crippen MR) is 173 cm³/mol. The molecule has 0 bridgehead atoms. The minimum atomic E-state index is 0.923. The van der Waals surface area contributed by atoms with Gasteiger partial charge in [0.25, 0.3) is 0 Å². The summed E-state index contributed by atoms with van der Waals surface area (Å²) in [5, 5.41) is 4.77. The SMILES string of the molecule is CC.COc1ccc(-c2ccc(C)cc2)c2ccccc12.COc1ccc(-c2cccc(C)c2)c2ccccc12. The van der Waals surface area contributed by atoms with Gasteiger partial charge in [0, 0.05) is 10.8 Å². The van der Waals surface area contributed by atoms with Crippen LogP contribution in [-0.4, -0.2) is 14.2 Å². The molecule has 0 saturated carbocycles. The van der Waals surface area contributed by atoms with Gasteiger partial charge in [0.05, 0.1) is 14.2 Å². The lowest BCUT2D eigenvalue weighted by atomic mass is 9.97. The second-order valence-corrected chi connectivity index (χ2v) is 9.46. The van der Waals surface area contributed by atoms with Crippen LogP contribution in [0.1, 0.15) is 25.0 Å². The first kappa shape index (κ1) is 28.4. The van der Waals surface area contributed by atoms with Gasteiger partial charge in [-0.05, 0) is 59.0 Å². The molecule has 0 atom stereocenters. The molecule has 0 saturated heterocycles. The summed E-state index contributed by atoms with van der Waals surface area (Å²) < 4.78 is 10.9. The van der Waals surface area contributed by atoms with E-state index < -0.39 is 0 Å². The number of hydrogen-bond donors (Lipinski definition) is 0. The summed E-state index contributed by atoms with van der Waals surface area (Å²) in [6, 6.07) is 42.3. The van der Waals surface area contributed by atoms with Gasteiger partial charge < -0.3 is 9.47 Å². The van der Waals surface area contributed by atoms with Crippen molar-refractivity contribution in [2.24, 2.45) is 0 Å². The van der Waals surface area contributed by atoms with E-state index in [0.29, 0.717) is 0 Å². The van der Waals surface area contributed by atoms with Gasteiger partial charge in [-0.1, -0.05) is 134 Å². The van der Waals surface area contributed by atoms with Crippen molar-refractivity contribution in [2.75, 3.05) is 14.2 Å². The fourth-order valence-corrected chi connectivity index (χ4v) is 4.95. The zero-order valence-electron chi connectivity index (χ0n) is 24.4. The minimum Gasteiger partial charge on any atom is -0.496 e. The third-order valence-corrected chi connectivity index (χ3v) is 6.90. The number of hydrogen-bond acceptors (Lipinski definition) is 2. The maximum Gasteiger partial charge on any atom is 0.126 e. The normalized spacial score (nSPS) is 10.2. The zero-order chi connectivity index (χ0) is 28.5. The van der Waals surface area contributed by atoms with E-state index in [4.69, 9.17) is 9.47 Å². The van der Waals surface area contributed by atoms with E-state index in [-0.39, 0.29) is 0 Å². The summed E-state index contributed by atoms with van der Waals surface area (Å²) in [4.78, 5) is 0. The fraction of sp³-hybridized carbons (Fsp3) is 0.158. The highest BCUT2D eigenvalue weighted by Gasteiger charge is 2.08. The predicted octanol–water partition coefficient (Wildman–Crippen LogP) is 10.7. The molecular weight excluding hydrogens is 488 g/mol. The third-order valence-electron chi connectivity index (χ3n) is 6.90. The van der Waals surface area contributed by atoms with Crippen LogP contribution in [0.25, 0.3) is 43.8 Å². The van der Waals surface area contributed by atoms with Crippen LogP contribution in [0, 0.1) is 13.8 Å². The molecule has 0 heterocycles. The molecule has 0 aliphatic heterocycles. The molecule has 2 heteroatoms. The molecule has 0 aromatic heterocycles. The van der Waals surface area contributed by atoms with Crippen molar-refractivity contribution in [1.82, 2.24) is 0 Å². The van der Waals surface area contributed by atoms with Gasteiger partial charge in [0.15, 0.2) is 0 Å². The van der Waals surface area contributed by atoms with E-state index in [2.05, 4.69) is 111 Å². The van der Waals surface area contributed by atoms with Crippen molar-refractivity contribution in [3.05, 3.63) is 132 Å². The minimum absolute atomic E-state index is 0.923. The highest BCUT2D eigenvalue weighted by Crippen LogP contribution is 2.35. The lowest BCUT2D eigenvalue weighted by Crippen LogP contribution is -1.87. The van der Waals surface area contributed by atoms with Crippen LogP contribution < -0.4 is 9.47 Å². The zero-order valence-corrected chi connectivity index (χ0v) is 24.4. The fourth-order valence-electron chi connectivity index (χ4n) is 4.95. The van der Waals surface area contributed by atoms with E-state index in [1.165, 1.54) is 44.2 Å². The highest BCUT2D eigenvalue weighted by molar-refractivity contribution is 6.01. The van der Waals surface area contributed by atoms with Crippen molar-refractivity contribution >= 4 is 21.5 Å². The number of fused-ring (bicyclic) bond motifs is 2. The Morgan fingerprint density at radius 1 is 0.400 bits per heavy atom. The average Bonchev–Trinajstić information content (AvgIpc) is 3.02. The molecule has 0 aliphatic rings. The number of methoxy groups -OCH3 is 2. The largest absolute Gasteiger partial charge is 0.496 e. The maximum absolute atomic E-state index is 5.44. The summed E-state index contributed by atoms with van der Waals surface area (Å²) in [6.07, 6.45) is 0. The Hall–Kier alpha value is -4.56. The van der Waals surface area contributed by atoms with Crippen LogP contribution in [0.15, 0.2) is 121 Å². The summed E-state index contributed by atoms with van der Waals surface area (Å²) >= 11 is 0. The molecule has 2 nitrogen and oxygen atoms in total. The number of rotatable bonds is 4. The van der Waals surface area contributed by atoms with Crippen molar-refractivity contribution in [3.8, 4) is 33.8 Å². The molecule has 0 aliphatic carbocycles. The van der Waals surface area contributed by atoms with Gasteiger partial charge in [-0.3, -0.25) is 0 Å². The third kappa shape index (κ3) is 6.18. The molecule has 40 heavy (non-hydrogen) atoms. The first-order chi connectivity index (χ1) is 19.6. The Balaban J connectivity index is 0.000000174. The van der Waals surface area contributed by atoms with Crippen LogP contribution in [0.3, 0.4) is 0 Å². The molecule has 0 unspecified atom stereocenters. The van der Waals surface area contributed by atoms with Gasteiger partial charge in [0.1, 0.15) is 11.5 Å². The van der Waals surface area contributed by atoms with E-state index in [1.807, 2.05) is 38.1 Å². The first-order valence-electron chi connectivity index (χ1n) is 13.8. The summed E-state index contributed by atoms with van der Waals surface area (Å²) in [5.74, 6) is 1.85. The van der Waals surface area contributed by atoms with Crippen molar-refractivity contribution in [3.63, 3.8) is 0 Å². The molecule has 0 fully saturated rings. The van der Waals surface area contributed by atoms with Crippen LogP contribution in [-0.2, 0) is 0 Å². The molecule has 0 radical (unpaired) electrons. The Morgan fingerprint density at radius 2 is 0.875 bits per heavy atom.